The minimum Gasteiger partial charge on any atom is -0.505 e. The van der Waals surface area contributed by atoms with Crippen LogP contribution in [-0.2, 0) is 63.2 Å². The van der Waals surface area contributed by atoms with Gasteiger partial charge in [-0.2, -0.15) is 12.7 Å². The van der Waals surface area contributed by atoms with Crippen LogP contribution in [0, 0.1) is 19.6 Å². The molecule has 10 heavy (non-hydrogen) atoms. The van der Waals surface area contributed by atoms with Crippen LogP contribution in [0.25, 0.3) is 0 Å². The van der Waals surface area contributed by atoms with Gasteiger partial charge in [0.2, 0.25) is 0 Å². The number of nitrogens with zero attached hydrogens (tertiary/aromatic N) is 3. The van der Waals surface area contributed by atoms with E-state index in [4.69, 9.17) is 0 Å². The topological polar surface area (TPSA) is 38.7 Å². The van der Waals surface area contributed by atoms with Crippen LogP contribution in [0.2, 0.25) is 0 Å². The fourth-order valence-electron chi connectivity index (χ4n) is 0.242. The molecule has 6 heteroatoms. The maximum Gasteiger partial charge on any atom is 0 e. The third-order valence-electron chi connectivity index (χ3n) is 0.524. The molecule has 0 aromatic carbocycles. The van der Waals surface area contributed by atoms with Crippen molar-refractivity contribution in [1.82, 2.24) is 15.0 Å². The first kappa shape index (κ1) is 17.2. The number of aromatic nitrogens is 3. The Labute approximate surface area is 103 Å². The zero-order valence-electron chi connectivity index (χ0n) is 5.07. The predicted molar refractivity (Wildman–Crippen MR) is 22.2 cm³/mol. The van der Waals surface area contributed by atoms with Crippen molar-refractivity contribution in [3.05, 3.63) is 18.5 Å². The molecule has 0 bridgehead atoms. The van der Waals surface area contributed by atoms with Gasteiger partial charge in [0.25, 0.3) is 0 Å². The summed E-state index contributed by atoms with van der Waals surface area (Å²) in [5, 5.41) is 0. The molecule has 1 heterocycles. The molecular weight excluding hydrogens is 642 g/mol. The van der Waals surface area contributed by atoms with E-state index in [1.807, 2.05) is 0 Å². The first-order valence-corrected chi connectivity index (χ1v) is 1.84. The van der Waals surface area contributed by atoms with Gasteiger partial charge in [0, 0.05) is 63.2 Å². The molecule has 0 aliphatic rings. The first-order chi connectivity index (χ1) is 3.39. The van der Waals surface area contributed by atoms with Gasteiger partial charge in [-0.25, -0.2) is 0 Å². The van der Waals surface area contributed by atoms with E-state index < -0.39 is 0 Å². The van der Waals surface area contributed by atoms with E-state index in [-0.39, 0.29) is 63.2 Å². The molecule has 0 saturated heterocycles. The van der Waals surface area contributed by atoms with Gasteiger partial charge in [0.05, 0.1) is 0 Å². The van der Waals surface area contributed by atoms with Gasteiger partial charge in [-0.15, -0.1) is 5.82 Å². The second-order valence-electron chi connectivity index (χ2n) is 1.08. The Balaban J connectivity index is -0.000000163. The molecule has 0 saturated carbocycles. The summed E-state index contributed by atoms with van der Waals surface area (Å²) in [6.45, 7) is 1.76. The molecule has 1 aromatic heterocycles. The summed E-state index contributed by atoms with van der Waals surface area (Å²) in [7, 11) is 0. The number of aryl methyl sites for hydroxylation is 1. The summed E-state index contributed by atoms with van der Waals surface area (Å²) in [6.07, 6.45) is 4.69. The quantitative estimate of drug-likeness (QED) is 0.367. The largest absolute Gasteiger partial charge is 0.505 e. The fraction of sp³-hybridized carbons (Fsp3) is 0.250. The summed E-state index contributed by atoms with van der Waals surface area (Å²) < 4.78 is 0. The average molecular weight is 645 g/mol. The van der Waals surface area contributed by atoms with Crippen LogP contribution >= 0.6 is 0 Å². The first-order valence-electron chi connectivity index (χ1n) is 1.84. The minimum atomic E-state index is 0. The second-order valence-corrected chi connectivity index (χ2v) is 1.08. The van der Waals surface area contributed by atoms with Crippen molar-refractivity contribution in [3.63, 3.8) is 0 Å². The molecule has 1 aromatic rings. The molecule has 54 valence electrons. The maximum absolute atomic E-state index is 3.60. The SMILES string of the molecule is Cc1n[c-]n[c-]n1.[W].[W].[W]. The summed E-state index contributed by atoms with van der Waals surface area (Å²) in [5.41, 5.74) is 0. The van der Waals surface area contributed by atoms with Crippen molar-refractivity contribution in [1.29, 1.82) is 0 Å². The van der Waals surface area contributed by atoms with E-state index in [1.54, 1.807) is 6.92 Å². The molecule has 0 aliphatic heterocycles. The number of hydrogen-bond acceptors (Lipinski definition) is 3. The normalized spacial score (nSPS) is 6.10. The fourth-order valence-corrected chi connectivity index (χ4v) is 0.242. The second kappa shape index (κ2) is 10.1. The molecule has 0 fully saturated rings. The van der Waals surface area contributed by atoms with Crippen molar-refractivity contribution in [2.24, 2.45) is 0 Å². The third kappa shape index (κ3) is 7.19. The van der Waals surface area contributed by atoms with Gasteiger partial charge in [0.1, 0.15) is 0 Å². The van der Waals surface area contributed by atoms with E-state index in [9.17, 15) is 0 Å². The van der Waals surface area contributed by atoms with E-state index >= 15 is 0 Å². The molecule has 0 unspecified atom stereocenters. The van der Waals surface area contributed by atoms with Crippen LogP contribution in [-0.4, -0.2) is 15.0 Å². The average Bonchev–Trinajstić information content (AvgIpc) is 1.69. The molecule has 0 N–H and O–H groups in total. The van der Waals surface area contributed by atoms with Crippen LogP contribution in [0.1, 0.15) is 5.82 Å². The predicted octanol–water partition coefficient (Wildman–Crippen LogP) is -0.227. The van der Waals surface area contributed by atoms with Gasteiger partial charge in [0.15, 0.2) is 0 Å². The van der Waals surface area contributed by atoms with Crippen LogP contribution in [0.5, 0.6) is 0 Å². The van der Waals surface area contributed by atoms with Crippen molar-refractivity contribution in [2.45, 2.75) is 6.92 Å². The van der Waals surface area contributed by atoms with Crippen molar-refractivity contribution >= 4 is 0 Å². The monoisotopic (exact) mass is 645 g/mol. The number of hydrogen-bond donors (Lipinski definition) is 0. The number of rotatable bonds is 0. The molecule has 0 aliphatic carbocycles. The Kier molecular flexibility index (Phi) is 17.4. The Morgan fingerprint density at radius 2 is 1.40 bits per heavy atom. The van der Waals surface area contributed by atoms with Crippen molar-refractivity contribution < 1.29 is 63.2 Å². The molecule has 0 amide bonds. The van der Waals surface area contributed by atoms with Crippen LogP contribution in [0.3, 0.4) is 0 Å². The minimum absolute atomic E-state index is 0. The van der Waals surface area contributed by atoms with Gasteiger partial charge < -0.3 is 15.0 Å². The summed E-state index contributed by atoms with van der Waals surface area (Å²) in [5.74, 6) is 0.648. The molecule has 1 rings (SSSR count). The summed E-state index contributed by atoms with van der Waals surface area (Å²) >= 11 is 0. The van der Waals surface area contributed by atoms with Crippen molar-refractivity contribution in [2.75, 3.05) is 0 Å². The zero-order valence-corrected chi connectivity index (χ0v) is 13.9. The van der Waals surface area contributed by atoms with Gasteiger partial charge in [-0.3, -0.25) is 0 Å². The molecule has 3 nitrogen and oxygen atoms in total. The van der Waals surface area contributed by atoms with E-state index in [0.29, 0.717) is 5.82 Å². The smallest absolute Gasteiger partial charge is 0 e. The molecular formula is C4H3N3W3-2. The molecule has 0 spiro atoms. The van der Waals surface area contributed by atoms with E-state index in [2.05, 4.69) is 27.6 Å². The standard InChI is InChI=1S/C4H3N3.3W/c1-4-6-2-5-3-7-4;;;/h1H3;;;/q-2;;;. The zero-order chi connectivity index (χ0) is 5.11. The van der Waals surface area contributed by atoms with Gasteiger partial charge >= 0.3 is 0 Å². The molecule has 0 atom stereocenters. The van der Waals surface area contributed by atoms with Gasteiger partial charge in [-0.1, -0.05) is 6.92 Å². The maximum atomic E-state index is 3.60. The van der Waals surface area contributed by atoms with Crippen LogP contribution in [0.4, 0.5) is 0 Å². The Bertz CT molecular complexity index is 146. The van der Waals surface area contributed by atoms with Gasteiger partial charge in [-0.05, 0) is 0 Å². The van der Waals surface area contributed by atoms with Crippen LogP contribution in [0.15, 0.2) is 0 Å². The Morgan fingerprint density at radius 1 is 1.00 bits per heavy atom. The Morgan fingerprint density at radius 3 is 1.60 bits per heavy atom. The summed E-state index contributed by atoms with van der Waals surface area (Å²) in [6, 6.07) is 0. The third-order valence-corrected chi connectivity index (χ3v) is 0.524. The van der Waals surface area contributed by atoms with E-state index in [0.717, 1.165) is 0 Å². The summed E-state index contributed by atoms with van der Waals surface area (Å²) in [4.78, 5) is 10.6. The van der Waals surface area contributed by atoms with E-state index in [1.165, 1.54) is 0 Å². The van der Waals surface area contributed by atoms with Crippen LogP contribution < -0.4 is 0 Å². The van der Waals surface area contributed by atoms with Crippen molar-refractivity contribution in [3.8, 4) is 0 Å². The molecule has 0 radical (unpaired) electrons. The Hall–Kier alpha value is 1.07.